The highest BCUT2D eigenvalue weighted by Gasteiger charge is 2.18. The highest BCUT2D eigenvalue weighted by atomic mass is 32.1. The number of aromatic hydroxyl groups is 1. The van der Waals surface area contributed by atoms with Crippen molar-refractivity contribution >= 4 is 28.1 Å². The van der Waals surface area contributed by atoms with Crippen molar-refractivity contribution in [1.82, 2.24) is 4.98 Å². The van der Waals surface area contributed by atoms with Crippen LogP contribution in [-0.4, -0.2) is 28.6 Å². The number of phenolic OH excluding ortho intramolecular Hbond substituents is 1. The maximum absolute atomic E-state index is 11.5. The number of aromatic nitrogens is 1. The summed E-state index contributed by atoms with van der Waals surface area (Å²) in [4.78, 5) is 17.0. The fourth-order valence-electron chi connectivity index (χ4n) is 3.10. The number of nitrogens with two attached hydrogens (primary N) is 1. The molecule has 1 aromatic heterocycles. The Hall–Kier alpha value is -2.90. The SMILES string of the molecule is N[C@H](CNc1ncc(-c2ccc3c(c2)CC(=O)N3)s1)Cc1ccc(O)cc1. The third kappa shape index (κ3) is 4.10. The van der Waals surface area contributed by atoms with E-state index < -0.39 is 0 Å². The first kappa shape index (κ1) is 17.5. The zero-order valence-electron chi connectivity index (χ0n) is 14.6. The molecule has 138 valence electrons. The van der Waals surface area contributed by atoms with E-state index in [4.69, 9.17) is 5.73 Å². The maximum Gasteiger partial charge on any atom is 0.228 e. The van der Waals surface area contributed by atoms with E-state index in [1.165, 1.54) is 0 Å². The molecule has 0 bridgehead atoms. The van der Waals surface area contributed by atoms with Gasteiger partial charge < -0.3 is 21.5 Å². The highest BCUT2D eigenvalue weighted by molar-refractivity contribution is 7.18. The number of fused-ring (bicyclic) bond motifs is 1. The average molecular weight is 380 g/mol. The summed E-state index contributed by atoms with van der Waals surface area (Å²) in [7, 11) is 0. The Morgan fingerprint density at radius 3 is 2.89 bits per heavy atom. The summed E-state index contributed by atoms with van der Waals surface area (Å²) in [6.45, 7) is 0.608. The van der Waals surface area contributed by atoms with E-state index in [-0.39, 0.29) is 17.7 Å². The maximum atomic E-state index is 11.5. The molecule has 0 unspecified atom stereocenters. The van der Waals surface area contributed by atoms with Gasteiger partial charge >= 0.3 is 0 Å². The summed E-state index contributed by atoms with van der Waals surface area (Å²) in [6.07, 6.45) is 2.99. The number of rotatable bonds is 6. The molecule has 5 N–H and O–H groups in total. The predicted molar refractivity (Wildman–Crippen MR) is 108 cm³/mol. The number of nitrogens with zero attached hydrogens (tertiary/aromatic N) is 1. The van der Waals surface area contributed by atoms with E-state index >= 15 is 0 Å². The Morgan fingerprint density at radius 2 is 2.07 bits per heavy atom. The number of anilines is 2. The van der Waals surface area contributed by atoms with Crippen molar-refractivity contribution in [2.75, 3.05) is 17.2 Å². The van der Waals surface area contributed by atoms with Crippen LogP contribution in [0.5, 0.6) is 5.75 Å². The molecule has 0 fully saturated rings. The highest BCUT2D eigenvalue weighted by Crippen LogP contribution is 2.33. The fraction of sp³-hybridized carbons (Fsp3) is 0.200. The molecule has 27 heavy (non-hydrogen) atoms. The number of hydrogen-bond donors (Lipinski definition) is 4. The molecule has 7 heteroatoms. The number of thiazole rings is 1. The number of carbonyl (C=O) groups excluding carboxylic acids is 1. The lowest BCUT2D eigenvalue weighted by atomic mass is 10.1. The quantitative estimate of drug-likeness (QED) is 0.527. The largest absolute Gasteiger partial charge is 0.508 e. The van der Waals surface area contributed by atoms with Crippen LogP contribution in [0.3, 0.4) is 0 Å². The number of benzene rings is 2. The van der Waals surface area contributed by atoms with Gasteiger partial charge in [-0.15, -0.1) is 0 Å². The first-order chi connectivity index (χ1) is 13.1. The second-order valence-corrected chi connectivity index (χ2v) is 7.67. The molecule has 2 heterocycles. The molecule has 6 nitrogen and oxygen atoms in total. The van der Waals surface area contributed by atoms with Gasteiger partial charge in [0.05, 0.1) is 11.3 Å². The van der Waals surface area contributed by atoms with Gasteiger partial charge in [0.1, 0.15) is 5.75 Å². The number of hydrogen-bond acceptors (Lipinski definition) is 6. The van der Waals surface area contributed by atoms with E-state index in [2.05, 4.69) is 15.6 Å². The Bertz CT molecular complexity index is 968. The fourth-order valence-corrected chi connectivity index (χ4v) is 3.92. The lowest BCUT2D eigenvalue weighted by Gasteiger charge is -2.12. The molecule has 4 rings (SSSR count). The second-order valence-electron chi connectivity index (χ2n) is 6.64. The zero-order valence-corrected chi connectivity index (χ0v) is 15.4. The van der Waals surface area contributed by atoms with E-state index in [1.54, 1.807) is 23.5 Å². The average Bonchev–Trinajstić information content (AvgIpc) is 3.26. The van der Waals surface area contributed by atoms with Crippen molar-refractivity contribution in [3.8, 4) is 16.2 Å². The van der Waals surface area contributed by atoms with Gasteiger partial charge in [0, 0.05) is 24.5 Å². The van der Waals surface area contributed by atoms with Crippen LogP contribution in [0.2, 0.25) is 0 Å². The Kier molecular flexibility index (Phi) is 4.79. The lowest BCUT2D eigenvalue weighted by Crippen LogP contribution is -2.31. The zero-order chi connectivity index (χ0) is 18.8. The monoisotopic (exact) mass is 380 g/mol. The minimum atomic E-state index is -0.0565. The molecular weight excluding hydrogens is 360 g/mol. The summed E-state index contributed by atoms with van der Waals surface area (Å²) >= 11 is 1.57. The third-order valence-corrected chi connectivity index (χ3v) is 5.47. The van der Waals surface area contributed by atoms with Gasteiger partial charge in [-0.2, -0.15) is 0 Å². The van der Waals surface area contributed by atoms with Gasteiger partial charge in [0.2, 0.25) is 5.91 Å². The summed E-state index contributed by atoms with van der Waals surface area (Å²) < 4.78 is 0. The topological polar surface area (TPSA) is 100 Å². The first-order valence-electron chi connectivity index (χ1n) is 8.73. The molecule has 3 aromatic rings. The van der Waals surface area contributed by atoms with Crippen LogP contribution in [0, 0.1) is 0 Å². The minimum absolute atomic E-state index is 0.0384. The van der Waals surface area contributed by atoms with Crippen LogP contribution in [0.15, 0.2) is 48.7 Å². The molecule has 2 aromatic carbocycles. The molecule has 0 aliphatic carbocycles. The number of nitrogens with one attached hydrogen (secondary N) is 2. The van der Waals surface area contributed by atoms with Crippen LogP contribution < -0.4 is 16.4 Å². The van der Waals surface area contributed by atoms with Crippen LogP contribution >= 0.6 is 11.3 Å². The third-order valence-electron chi connectivity index (χ3n) is 4.47. The van der Waals surface area contributed by atoms with Crippen LogP contribution in [0.1, 0.15) is 11.1 Å². The normalized spacial score (nSPS) is 13.9. The van der Waals surface area contributed by atoms with Crippen molar-refractivity contribution in [1.29, 1.82) is 0 Å². The molecule has 1 atom stereocenters. The van der Waals surface area contributed by atoms with Crippen molar-refractivity contribution in [2.45, 2.75) is 18.9 Å². The smallest absolute Gasteiger partial charge is 0.228 e. The van der Waals surface area contributed by atoms with Crippen LogP contribution in [0.4, 0.5) is 10.8 Å². The standard InChI is InChI=1S/C20H20N4O2S/c21-15(7-12-1-4-16(25)5-2-12)10-22-20-23-11-18(27-20)13-3-6-17-14(8-13)9-19(26)24-17/h1-6,8,11,15,25H,7,9-10,21H2,(H,22,23)(H,24,26)/t15-/m0/s1. The number of carbonyl (C=O) groups is 1. The first-order valence-corrected chi connectivity index (χ1v) is 9.55. The van der Waals surface area contributed by atoms with Crippen molar-refractivity contribution in [2.24, 2.45) is 5.73 Å². The molecule has 1 aliphatic heterocycles. The van der Waals surface area contributed by atoms with Crippen molar-refractivity contribution in [3.05, 3.63) is 59.8 Å². The van der Waals surface area contributed by atoms with Gasteiger partial charge in [0.15, 0.2) is 5.13 Å². The lowest BCUT2D eigenvalue weighted by molar-refractivity contribution is -0.115. The van der Waals surface area contributed by atoms with Crippen molar-refractivity contribution < 1.29 is 9.90 Å². The summed E-state index contributed by atoms with van der Waals surface area (Å²) in [5.74, 6) is 0.295. The molecule has 0 saturated carbocycles. The minimum Gasteiger partial charge on any atom is -0.508 e. The van der Waals surface area contributed by atoms with Gasteiger partial charge in [-0.05, 0) is 47.4 Å². The van der Waals surface area contributed by atoms with Crippen molar-refractivity contribution in [3.63, 3.8) is 0 Å². The second kappa shape index (κ2) is 7.38. The molecular formula is C20H20N4O2S. The molecule has 0 radical (unpaired) electrons. The molecule has 0 spiro atoms. The van der Waals surface area contributed by atoms with Crippen LogP contribution in [-0.2, 0) is 17.6 Å². The number of phenols is 1. The molecule has 0 saturated heterocycles. The predicted octanol–water partition coefficient (Wildman–Crippen LogP) is 2.99. The molecule has 1 amide bonds. The summed E-state index contributed by atoms with van der Waals surface area (Å²) in [5, 5.41) is 16.3. The van der Waals surface area contributed by atoms with E-state index in [0.29, 0.717) is 13.0 Å². The Labute approximate surface area is 161 Å². The van der Waals surface area contributed by atoms with E-state index in [9.17, 15) is 9.90 Å². The number of amides is 1. The summed E-state index contributed by atoms with van der Waals surface area (Å²) in [6, 6.07) is 13.0. The molecule has 1 aliphatic rings. The van der Waals surface area contributed by atoms with E-state index in [0.717, 1.165) is 38.8 Å². The van der Waals surface area contributed by atoms with Gasteiger partial charge in [-0.3, -0.25) is 4.79 Å². The Balaban J connectivity index is 1.36. The van der Waals surface area contributed by atoms with Gasteiger partial charge in [-0.25, -0.2) is 4.98 Å². The summed E-state index contributed by atoms with van der Waals surface area (Å²) in [5.41, 5.74) is 10.3. The van der Waals surface area contributed by atoms with Gasteiger partial charge in [0.25, 0.3) is 0 Å². The van der Waals surface area contributed by atoms with Gasteiger partial charge in [-0.1, -0.05) is 29.5 Å². The van der Waals surface area contributed by atoms with E-state index in [1.807, 2.05) is 36.5 Å². The Morgan fingerprint density at radius 1 is 1.26 bits per heavy atom. The van der Waals surface area contributed by atoms with Crippen LogP contribution in [0.25, 0.3) is 10.4 Å².